The van der Waals surface area contributed by atoms with E-state index in [-0.39, 0.29) is 11.9 Å². The molecule has 0 bridgehead atoms. The highest BCUT2D eigenvalue weighted by molar-refractivity contribution is 5.99. The Morgan fingerprint density at radius 3 is 2.78 bits per heavy atom. The molecule has 0 aromatic carbocycles. The number of aromatic nitrogens is 1. The topological polar surface area (TPSA) is 54.0 Å². The van der Waals surface area contributed by atoms with Gasteiger partial charge in [0.05, 0.1) is 11.3 Å². The zero-order valence-corrected chi connectivity index (χ0v) is 11.3. The van der Waals surface area contributed by atoms with Crippen molar-refractivity contribution in [1.82, 2.24) is 10.3 Å². The summed E-state index contributed by atoms with van der Waals surface area (Å²) in [5, 5.41) is 6.12. The predicted octanol–water partition coefficient (Wildman–Crippen LogP) is 2.35. The number of hydrogen-bond donors (Lipinski definition) is 2. The number of nitrogens with one attached hydrogen (secondary N) is 2. The van der Waals surface area contributed by atoms with E-state index < -0.39 is 0 Å². The van der Waals surface area contributed by atoms with Gasteiger partial charge < -0.3 is 10.6 Å². The summed E-state index contributed by atoms with van der Waals surface area (Å²) >= 11 is 0. The highest BCUT2D eigenvalue weighted by atomic mass is 16.1. The SMILES string of the molecule is CNc1cc(C)ncc1C(=O)NC(C)C1CCC1. The van der Waals surface area contributed by atoms with Crippen LogP contribution in [0.25, 0.3) is 0 Å². The average Bonchev–Trinajstić information content (AvgIpc) is 2.25. The number of hydrogen-bond acceptors (Lipinski definition) is 3. The van der Waals surface area contributed by atoms with Crippen molar-refractivity contribution in [3.63, 3.8) is 0 Å². The Kier molecular flexibility index (Phi) is 3.84. The van der Waals surface area contributed by atoms with Crippen molar-refractivity contribution in [3.8, 4) is 0 Å². The van der Waals surface area contributed by atoms with Gasteiger partial charge in [-0.2, -0.15) is 0 Å². The first-order valence-electron chi connectivity index (χ1n) is 6.57. The van der Waals surface area contributed by atoms with E-state index in [4.69, 9.17) is 0 Å². The van der Waals surface area contributed by atoms with Crippen molar-refractivity contribution in [3.05, 3.63) is 23.5 Å². The summed E-state index contributed by atoms with van der Waals surface area (Å²) in [4.78, 5) is 16.4. The van der Waals surface area contributed by atoms with Crippen LogP contribution < -0.4 is 10.6 Å². The zero-order chi connectivity index (χ0) is 13.1. The van der Waals surface area contributed by atoms with Crippen LogP contribution in [0.4, 0.5) is 5.69 Å². The fraction of sp³-hybridized carbons (Fsp3) is 0.571. The lowest BCUT2D eigenvalue weighted by molar-refractivity contribution is 0.0910. The molecule has 2 N–H and O–H groups in total. The van der Waals surface area contributed by atoms with E-state index in [1.54, 1.807) is 6.20 Å². The summed E-state index contributed by atoms with van der Waals surface area (Å²) in [6.45, 7) is 4.00. The van der Waals surface area contributed by atoms with Crippen molar-refractivity contribution < 1.29 is 4.79 Å². The number of aryl methyl sites for hydroxylation is 1. The van der Waals surface area contributed by atoms with Gasteiger partial charge >= 0.3 is 0 Å². The van der Waals surface area contributed by atoms with Crippen LogP contribution in [0.1, 0.15) is 42.2 Å². The minimum Gasteiger partial charge on any atom is -0.387 e. The van der Waals surface area contributed by atoms with E-state index in [1.807, 2.05) is 20.0 Å². The first kappa shape index (κ1) is 12.9. The standard InChI is InChI=1S/C14H21N3O/c1-9-7-13(15-3)12(8-16-9)14(18)17-10(2)11-5-4-6-11/h7-8,10-11H,4-6H2,1-3H3,(H,15,16)(H,17,18). The number of anilines is 1. The molecule has 0 saturated heterocycles. The largest absolute Gasteiger partial charge is 0.387 e. The van der Waals surface area contributed by atoms with Gasteiger partial charge in [0, 0.05) is 25.0 Å². The number of nitrogens with zero attached hydrogens (tertiary/aromatic N) is 1. The van der Waals surface area contributed by atoms with Gasteiger partial charge in [-0.15, -0.1) is 0 Å². The molecule has 18 heavy (non-hydrogen) atoms. The molecule has 0 spiro atoms. The zero-order valence-electron chi connectivity index (χ0n) is 11.3. The van der Waals surface area contributed by atoms with Crippen molar-refractivity contribution in [2.75, 3.05) is 12.4 Å². The maximum atomic E-state index is 12.2. The van der Waals surface area contributed by atoms with E-state index >= 15 is 0 Å². The first-order valence-corrected chi connectivity index (χ1v) is 6.57. The van der Waals surface area contributed by atoms with Gasteiger partial charge in [-0.1, -0.05) is 6.42 Å². The molecule has 0 aliphatic heterocycles. The number of pyridine rings is 1. The fourth-order valence-electron chi connectivity index (χ4n) is 2.29. The van der Waals surface area contributed by atoms with Crippen LogP contribution in [0.2, 0.25) is 0 Å². The quantitative estimate of drug-likeness (QED) is 0.858. The van der Waals surface area contributed by atoms with Gasteiger partial charge in [0.2, 0.25) is 0 Å². The highest BCUT2D eigenvalue weighted by Crippen LogP contribution is 2.29. The molecule has 98 valence electrons. The summed E-state index contributed by atoms with van der Waals surface area (Å²) in [5.41, 5.74) is 2.36. The van der Waals surface area contributed by atoms with Crippen molar-refractivity contribution in [2.24, 2.45) is 5.92 Å². The lowest BCUT2D eigenvalue weighted by atomic mass is 9.80. The predicted molar refractivity (Wildman–Crippen MR) is 72.8 cm³/mol. The molecule has 1 unspecified atom stereocenters. The summed E-state index contributed by atoms with van der Waals surface area (Å²) in [7, 11) is 1.82. The van der Waals surface area contributed by atoms with Crippen LogP contribution in [0.3, 0.4) is 0 Å². The third-order valence-corrected chi connectivity index (χ3v) is 3.77. The number of rotatable bonds is 4. The third-order valence-electron chi connectivity index (χ3n) is 3.77. The van der Waals surface area contributed by atoms with Crippen LogP contribution in [0.15, 0.2) is 12.3 Å². The summed E-state index contributed by atoms with van der Waals surface area (Å²) in [5.74, 6) is 0.608. The van der Waals surface area contributed by atoms with Gasteiger partial charge in [0.25, 0.3) is 5.91 Å². The van der Waals surface area contributed by atoms with Gasteiger partial charge in [-0.3, -0.25) is 9.78 Å². The van der Waals surface area contributed by atoms with Crippen LogP contribution in [-0.4, -0.2) is 24.0 Å². The normalized spacial score (nSPS) is 16.8. The van der Waals surface area contributed by atoms with Crippen LogP contribution in [-0.2, 0) is 0 Å². The molecule has 4 nitrogen and oxygen atoms in total. The van der Waals surface area contributed by atoms with E-state index in [1.165, 1.54) is 19.3 Å². The molecule has 1 aromatic heterocycles. The molecule has 1 aromatic rings. The third kappa shape index (κ3) is 2.63. The lowest BCUT2D eigenvalue weighted by Gasteiger charge is -2.32. The Balaban J connectivity index is 2.08. The smallest absolute Gasteiger partial charge is 0.255 e. The Morgan fingerprint density at radius 1 is 1.50 bits per heavy atom. The second-order valence-electron chi connectivity index (χ2n) is 5.07. The molecule has 2 rings (SSSR count). The highest BCUT2D eigenvalue weighted by Gasteiger charge is 2.25. The van der Waals surface area contributed by atoms with E-state index in [0.717, 1.165) is 11.4 Å². The molecule has 4 heteroatoms. The maximum Gasteiger partial charge on any atom is 0.255 e. The number of carbonyl (C=O) groups excluding carboxylic acids is 1. The molecular weight excluding hydrogens is 226 g/mol. The van der Waals surface area contributed by atoms with Gasteiger partial charge in [0.1, 0.15) is 0 Å². The number of carbonyl (C=O) groups is 1. The molecule has 1 fully saturated rings. The molecule has 1 saturated carbocycles. The van der Waals surface area contributed by atoms with Crippen molar-refractivity contribution >= 4 is 11.6 Å². The van der Waals surface area contributed by atoms with Crippen molar-refractivity contribution in [2.45, 2.75) is 39.2 Å². The molecule has 1 atom stereocenters. The molecule has 1 amide bonds. The molecule has 0 radical (unpaired) electrons. The van der Waals surface area contributed by atoms with Gasteiger partial charge in [0.15, 0.2) is 0 Å². The Bertz CT molecular complexity index is 441. The van der Waals surface area contributed by atoms with Gasteiger partial charge in [-0.25, -0.2) is 0 Å². The van der Waals surface area contributed by atoms with Crippen molar-refractivity contribution in [1.29, 1.82) is 0 Å². The minimum atomic E-state index is -0.0359. The van der Waals surface area contributed by atoms with Crippen LogP contribution >= 0.6 is 0 Å². The Hall–Kier alpha value is -1.58. The summed E-state index contributed by atoms with van der Waals surface area (Å²) < 4.78 is 0. The van der Waals surface area contributed by atoms with E-state index in [0.29, 0.717) is 11.5 Å². The molecular formula is C14H21N3O. The van der Waals surface area contributed by atoms with Crippen LogP contribution in [0.5, 0.6) is 0 Å². The fourth-order valence-corrected chi connectivity index (χ4v) is 2.29. The molecule has 1 aliphatic rings. The summed E-state index contributed by atoms with van der Waals surface area (Å²) in [6, 6.07) is 2.14. The lowest BCUT2D eigenvalue weighted by Crippen LogP contribution is -2.40. The summed E-state index contributed by atoms with van der Waals surface area (Å²) in [6.07, 6.45) is 5.39. The first-order chi connectivity index (χ1) is 8.61. The Morgan fingerprint density at radius 2 is 2.22 bits per heavy atom. The minimum absolute atomic E-state index is 0.0359. The second kappa shape index (κ2) is 5.38. The average molecular weight is 247 g/mol. The second-order valence-corrected chi connectivity index (χ2v) is 5.07. The molecule has 1 aliphatic carbocycles. The van der Waals surface area contributed by atoms with Gasteiger partial charge in [-0.05, 0) is 38.7 Å². The number of amides is 1. The maximum absolute atomic E-state index is 12.2. The monoisotopic (exact) mass is 247 g/mol. The van der Waals surface area contributed by atoms with E-state index in [9.17, 15) is 4.79 Å². The Labute approximate surface area is 108 Å². The van der Waals surface area contributed by atoms with Crippen LogP contribution in [0, 0.1) is 12.8 Å². The van der Waals surface area contributed by atoms with E-state index in [2.05, 4.69) is 22.5 Å². The molecule has 1 heterocycles.